The second-order valence-electron chi connectivity index (χ2n) is 5.17. The van der Waals surface area contributed by atoms with E-state index in [1.54, 1.807) is 12.3 Å². The molecule has 0 amide bonds. The molecule has 0 aromatic carbocycles. The maximum absolute atomic E-state index is 6.12. The maximum Gasteiger partial charge on any atom is 0.225 e. The first-order valence-corrected chi connectivity index (χ1v) is 7.27. The van der Waals surface area contributed by atoms with Crippen LogP contribution in [0, 0.1) is 0 Å². The largest absolute Gasteiger partial charge is 0.348 e. The molecule has 1 aliphatic rings. The van der Waals surface area contributed by atoms with Crippen molar-refractivity contribution in [3.05, 3.63) is 35.6 Å². The fraction of sp³-hybridized carbons (Fsp3) is 0.357. The molecule has 3 rings (SSSR count). The van der Waals surface area contributed by atoms with Gasteiger partial charge in [-0.3, -0.25) is 5.10 Å². The number of nitrogens with one attached hydrogen (secondary N) is 3. The van der Waals surface area contributed by atoms with Crippen LogP contribution < -0.4 is 10.6 Å². The average Bonchev–Trinajstić information content (AvgIpc) is 3.23. The van der Waals surface area contributed by atoms with Crippen LogP contribution in [-0.4, -0.2) is 26.2 Å². The zero-order chi connectivity index (χ0) is 14.8. The molecule has 1 aliphatic carbocycles. The highest BCUT2D eigenvalue weighted by atomic mass is 35.5. The van der Waals surface area contributed by atoms with Crippen LogP contribution in [-0.2, 0) is 0 Å². The van der Waals surface area contributed by atoms with E-state index >= 15 is 0 Å². The van der Waals surface area contributed by atoms with Gasteiger partial charge in [0.25, 0.3) is 0 Å². The monoisotopic (exact) mass is 304 g/mol. The molecule has 7 heteroatoms. The zero-order valence-electron chi connectivity index (χ0n) is 11.7. The number of aromatic nitrogens is 4. The number of hydrogen-bond donors (Lipinski definition) is 3. The highest BCUT2D eigenvalue weighted by molar-refractivity contribution is 6.32. The molecular weight excluding hydrogens is 288 g/mol. The number of H-pyrrole nitrogens is 1. The van der Waals surface area contributed by atoms with Crippen LogP contribution in [0.2, 0.25) is 5.02 Å². The number of halogens is 1. The summed E-state index contributed by atoms with van der Waals surface area (Å²) in [6, 6.07) is 2.07. The number of nitrogens with zero attached hydrogens (tertiary/aromatic N) is 3. The molecule has 0 radical (unpaired) electrons. The Kier molecular flexibility index (Phi) is 3.79. The number of hydrogen-bond acceptors (Lipinski definition) is 5. The van der Waals surface area contributed by atoms with E-state index in [4.69, 9.17) is 11.6 Å². The van der Waals surface area contributed by atoms with Gasteiger partial charge in [-0.05, 0) is 19.8 Å². The first kappa shape index (κ1) is 13.9. The lowest BCUT2D eigenvalue weighted by molar-refractivity contribution is 0.956. The fourth-order valence-electron chi connectivity index (χ4n) is 1.91. The van der Waals surface area contributed by atoms with Crippen LogP contribution in [0.1, 0.15) is 31.4 Å². The molecule has 2 heterocycles. The van der Waals surface area contributed by atoms with Crippen LogP contribution in [0.15, 0.2) is 24.9 Å². The third-order valence-electron chi connectivity index (χ3n) is 3.32. The Morgan fingerprint density at radius 3 is 3.05 bits per heavy atom. The Hall–Kier alpha value is -2.08. The molecule has 2 aromatic rings. The van der Waals surface area contributed by atoms with Gasteiger partial charge in [-0.15, -0.1) is 6.58 Å². The highest BCUT2D eigenvalue weighted by Crippen LogP contribution is 2.39. The molecule has 1 atom stereocenters. The summed E-state index contributed by atoms with van der Waals surface area (Å²) in [5, 5.41) is 13.9. The number of aromatic amines is 1. The molecule has 1 fully saturated rings. The fourth-order valence-corrected chi connectivity index (χ4v) is 2.05. The van der Waals surface area contributed by atoms with Crippen molar-refractivity contribution in [3.8, 4) is 0 Å². The van der Waals surface area contributed by atoms with E-state index in [1.165, 1.54) is 12.8 Å². The minimum atomic E-state index is 0.0749. The summed E-state index contributed by atoms with van der Waals surface area (Å²) < 4.78 is 0. The van der Waals surface area contributed by atoms with Gasteiger partial charge in [-0.1, -0.05) is 17.7 Å². The van der Waals surface area contributed by atoms with E-state index in [-0.39, 0.29) is 6.04 Å². The van der Waals surface area contributed by atoms with Gasteiger partial charge >= 0.3 is 0 Å². The average molecular weight is 305 g/mol. The van der Waals surface area contributed by atoms with Crippen molar-refractivity contribution in [3.63, 3.8) is 0 Å². The summed E-state index contributed by atoms with van der Waals surface area (Å²) >= 11 is 6.12. The molecule has 6 nitrogen and oxygen atoms in total. The van der Waals surface area contributed by atoms with Gasteiger partial charge in [0.1, 0.15) is 5.02 Å². The molecule has 21 heavy (non-hydrogen) atoms. The third-order valence-corrected chi connectivity index (χ3v) is 3.59. The lowest BCUT2D eigenvalue weighted by Gasteiger charge is -2.11. The second-order valence-corrected chi connectivity index (χ2v) is 5.57. The van der Waals surface area contributed by atoms with Gasteiger partial charge in [0.15, 0.2) is 11.6 Å². The van der Waals surface area contributed by atoms with Crippen LogP contribution in [0.4, 0.5) is 17.6 Å². The molecular formula is C14H17ClN6. The van der Waals surface area contributed by atoms with E-state index in [9.17, 15) is 0 Å². The first-order chi connectivity index (χ1) is 10.2. The Balaban J connectivity index is 1.76. The topological polar surface area (TPSA) is 78.5 Å². The highest BCUT2D eigenvalue weighted by Gasteiger charge is 2.25. The minimum absolute atomic E-state index is 0.0749. The van der Waals surface area contributed by atoms with Crippen molar-refractivity contribution in [1.82, 2.24) is 20.2 Å². The molecule has 110 valence electrons. The van der Waals surface area contributed by atoms with Gasteiger partial charge in [0, 0.05) is 23.7 Å². The van der Waals surface area contributed by atoms with E-state index < -0.39 is 0 Å². The zero-order valence-corrected chi connectivity index (χ0v) is 12.5. The molecule has 1 unspecified atom stereocenters. The van der Waals surface area contributed by atoms with Gasteiger partial charge in [0.05, 0.1) is 6.20 Å². The van der Waals surface area contributed by atoms with Gasteiger partial charge in [0.2, 0.25) is 5.95 Å². The molecule has 0 spiro atoms. The van der Waals surface area contributed by atoms with E-state index in [0.29, 0.717) is 28.5 Å². The molecule has 2 aromatic heterocycles. The summed E-state index contributed by atoms with van der Waals surface area (Å²) in [7, 11) is 0. The van der Waals surface area contributed by atoms with Crippen molar-refractivity contribution in [2.75, 3.05) is 10.6 Å². The molecule has 3 N–H and O–H groups in total. The summed E-state index contributed by atoms with van der Waals surface area (Å²) in [6.45, 7) is 5.68. The number of rotatable bonds is 6. The van der Waals surface area contributed by atoms with Crippen molar-refractivity contribution in [2.24, 2.45) is 0 Å². The lowest BCUT2D eigenvalue weighted by atomic mass is 10.3. The van der Waals surface area contributed by atoms with Crippen LogP contribution in [0.5, 0.6) is 0 Å². The van der Waals surface area contributed by atoms with Crippen molar-refractivity contribution in [1.29, 1.82) is 0 Å². The van der Waals surface area contributed by atoms with Crippen molar-refractivity contribution in [2.45, 2.75) is 31.7 Å². The molecule has 0 saturated heterocycles. The molecule has 1 saturated carbocycles. The van der Waals surface area contributed by atoms with Gasteiger partial charge < -0.3 is 10.6 Å². The predicted octanol–water partition coefficient (Wildman–Crippen LogP) is 3.46. The quantitative estimate of drug-likeness (QED) is 0.712. The predicted molar refractivity (Wildman–Crippen MR) is 84.2 cm³/mol. The summed E-state index contributed by atoms with van der Waals surface area (Å²) in [5.74, 6) is 2.35. The SMILES string of the molecule is C=CC(C)Nc1ncc(Cl)c(Nc2cc(C3CC3)[nH]n2)n1. The maximum atomic E-state index is 6.12. The Morgan fingerprint density at radius 2 is 2.33 bits per heavy atom. The standard InChI is InChI=1S/C14H17ClN6/c1-3-8(2)17-14-16-7-10(15)13(19-14)18-12-6-11(20-21-12)9-4-5-9/h3,6-9H,1,4-5H2,2H3,(H3,16,17,18,19,20,21). The van der Waals surface area contributed by atoms with Gasteiger partial charge in [-0.2, -0.15) is 10.1 Å². The number of anilines is 3. The molecule has 0 aliphatic heterocycles. The van der Waals surface area contributed by atoms with Crippen LogP contribution in [0.3, 0.4) is 0 Å². The Bertz CT molecular complexity index is 649. The van der Waals surface area contributed by atoms with Crippen LogP contribution >= 0.6 is 11.6 Å². The summed E-state index contributed by atoms with van der Waals surface area (Å²) in [4.78, 5) is 8.50. The third kappa shape index (κ3) is 3.33. The van der Waals surface area contributed by atoms with Crippen molar-refractivity contribution < 1.29 is 0 Å². The van der Waals surface area contributed by atoms with Crippen LogP contribution in [0.25, 0.3) is 0 Å². The minimum Gasteiger partial charge on any atom is -0.348 e. The van der Waals surface area contributed by atoms with Gasteiger partial charge in [-0.25, -0.2) is 4.98 Å². The van der Waals surface area contributed by atoms with E-state index in [2.05, 4.69) is 37.4 Å². The summed E-state index contributed by atoms with van der Waals surface area (Å²) in [5.41, 5.74) is 1.15. The first-order valence-electron chi connectivity index (χ1n) is 6.89. The summed E-state index contributed by atoms with van der Waals surface area (Å²) in [6.07, 6.45) is 5.79. The second kappa shape index (κ2) is 5.73. The van der Waals surface area contributed by atoms with Crippen molar-refractivity contribution >= 4 is 29.2 Å². The van der Waals surface area contributed by atoms with E-state index in [1.807, 2.05) is 13.0 Å². The molecule has 0 bridgehead atoms. The Labute approximate surface area is 128 Å². The Morgan fingerprint density at radius 1 is 1.52 bits per heavy atom. The smallest absolute Gasteiger partial charge is 0.225 e. The normalized spacial score (nSPS) is 15.5. The lowest BCUT2D eigenvalue weighted by Crippen LogP contribution is -2.14. The van der Waals surface area contributed by atoms with E-state index in [0.717, 1.165) is 5.69 Å².